The van der Waals surface area contributed by atoms with E-state index in [0.717, 1.165) is 23.6 Å². The first-order chi connectivity index (χ1) is 9.19. The van der Waals surface area contributed by atoms with Gasteiger partial charge in [-0.2, -0.15) is 5.10 Å². The van der Waals surface area contributed by atoms with Crippen LogP contribution in [-0.4, -0.2) is 31.8 Å². The van der Waals surface area contributed by atoms with Crippen molar-refractivity contribution in [2.75, 3.05) is 12.9 Å². The van der Waals surface area contributed by atoms with E-state index >= 15 is 0 Å². The Kier molecular flexibility index (Phi) is 4.68. The molecule has 102 valence electrons. The maximum absolute atomic E-state index is 12.0. The van der Waals surface area contributed by atoms with Crippen molar-refractivity contribution in [1.29, 1.82) is 0 Å². The maximum Gasteiger partial charge on any atom is 0.139 e. The second kappa shape index (κ2) is 6.47. The molecule has 0 saturated heterocycles. The molecule has 1 aromatic carbocycles. The third-order valence-corrected chi connectivity index (χ3v) is 4.11. The molecule has 0 aliphatic rings. The van der Waals surface area contributed by atoms with Gasteiger partial charge in [-0.3, -0.25) is 8.89 Å². The summed E-state index contributed by atoms with van der Waals surface area (Å²) in [5.74, 6) is 2.67. The predicted octanol–water partition coefficient (Wildman–Crippen LogP) is 1.32. The number of ether oxygens (including phenoxy) is 1. The molecule has 0 N–H and O–H groups in total. The molecule has 0 fully saturated rings. The minimum absolute atomic E-state index is 0.451. The average molecular weight is 279 g/mol. The number of hydrogen-bond donors (Lipinski definition) is 0. The summed E-state index contributed by atoms with van der Waals surface area (Å²) in [6.45, 7) is 0. The molecular formula is C13H17N3O2S. The first kappa shape index (κ1) is 13.7. The highest BCUT2D eigenvalue weighted by Crippen LogP contribution is 2.12. The van der Waals surface area contributed by atoms with Gasteiger partial charge >= 0.3 is 0 Å². The van der Waals surface area contributed by atoms with Gasteiger partial charge in [0.2, 0.25) is 0 Å². The highest BCUT2D eigenvalue weighted by Gasteiger charge is 2.07. The Morgan fingerprint density at radius 3 is 2.63 bits per heavy atom. The molecule has 5 nitrogen and oxygen atoms in total. The van der Waals surface area contributed by atoms with Gasteiger partial charge in [0.05, 0.1) is 12.9 Å². The Labute approximate surface area is 115 Å². The lowest BCUT2D eigenvalue weighted by atomic mass is 10.2. The fourth-order valence-corrected chi connectivity index (χ4v) is 2.85. The molecule has 0 spiro atoms. The number of methoxy groups -OCH3 is 1. The number of hydrogen-bond acceptors (Lipinski definition) is 4. The molecule has 0 saturated carbocycles. The van der Waals surface area contributed by atoms with Crippen molar-refractivity contribution in [3.05, 3.63) is 42.0 Å². The molecule has 0 aliphatic heterocycles. The minimum atomic E-state index is -0.922. The van der Waals surface area contributed by atoms with Crippen molar-refractivity contribution >= 4 is 10.8 Å². The van der Waals surface area contributed by atoms with E-state index in [-0.39, 0.29) is 0 Å². The van der Waals surface area contributed by atoms with Gasteiger partial charge in [0.25, 0.3) is 0 Å². The molecule has 2 aromatic rings. The summed E-state index contributed by atoms with van der Waals surface area (Å²) in [7, 11) is 2.53. The van der Waals surface area contributed by atoms with Crippen molar-refractivity contribution in [2.24, 2.45) is 7.05 Å². The van der Waals surface area contributed by atoms with E-state index in [0.29, 0.717) is 11.5 Å². The predicted molar refractivity (Wildman–Crippen MR) is 74.4 cm³/mol. The normalized spacial score (nSPS) is 12.3. The van der Waals surface area contributed by atoms with Crippen LogP contribution in [0.1, 0.15) is 11.4 Å². The van der Waals surface area contributed by atoms with Crippen LogP contribution in [-0.2, 0) is 30.0 Å². The molecule has 1 heterocycles. The molecule has 0 bridgehead atoms. The zero-order valence-corrected chi connectivity index (χ0v) is 11.9. The van der Waals surface area contributed by atoms with Crippen LogP contribution in [0.5, 0.6) is 5.75 Å². The van der Waals surface area contributed by atoms with Gasteiger partial charge in [-0.05, 0) is 24.1 Å². The second-order valence-electron chi connectivity index (χ2n) is 4.19. The van der Waals surface area contributed by atoms with Crippen molar-refractivity contribution < 1.29 is 8.95 Å². The summed E-state index contributed by atoms with van der Waals surface area (Å²) < 4.78 is 18.7. The lowest BCUT2D eigenvalue weighted by Gasteiger charge is -2.04. The van der Waals surface area contributed by atoms with Crippen molar-refractivity contribution in [3.63, 3.8) is 0 Å². The van der Waals surface area contributed by atoms with E-state index in [4.69, 9.17) is 4.74 Å². The van der Waals surface area contributed by atoms with Crippen molar-refractivity contribution in [3.8, 4) is 5.75 Å². The zero-order valence-electron chi connectivity index (χ0n) is 11.1. The minimum Gasteiger partial charge on any atom is -0.497 e. The van der Waals surface area contributed by atoms with E-state index in [9.17, 15) is 4.21 Å². The van der Waals surface area contributed by atoms with Gasteiger partial charge in [-0.25, -0.2) is 4.98 Å². The fraction of sp³-hybridized carbons (Fsp3) is 0.385. The van der Waals surface area contributed by atoms with Gasteiger partial charge in [0.15, 0.2) is 0 Å². The Morgan fingerprint density at radius 2 is 2.05 bits per heavy atom. The van der Waals surface area contributed by atoms with Crippen molar-refractivity contribution in [1.82, 2.24) is 14.8 Å². The summed E-state index contributed by atoms with van der Waals surface area (Å²) in [4.78, 5) is 4.08. The molecular weight excluding hydrogens is 262 g/mol. The van der Waals surface area contributed by atoms with Crippen molar-refractivity contribution in [2.45, 2.75) is 12.2 Å². The van der Waals surface area contributed by atoms with Crippen LogP contribution >= 0.6 is 0 Å². The van der Waals surface area contributed by atoms with E-state index < -0.39 is 10.8 Å². The number of aryl methyl sites for hydroxylation is 2. The highest BCUT2D eigenvalue weighted by molar-refractivity contribution is 7.84. The number of rotatable bonds is 6. The molecule has 0 amide bonds. The van der Waals surface area contributed by atoms with Crippen LogP contribution in [0.4, 0.5) is 0 Å². The SMILES string of the molecule is COc1ccc(CC[S@@](=O)Cc2ncnn2C)cc1. The summed E-state index contributed by atoms with van der Waals surface area (Å²) in [6.07, 6.45) is 2.27. The zero-order chi connectivity index (χ0) is 13.7. The summed E-state index contributed by atoms with van der Waals surface area (Å²) in [6, 6.07) is 7.83. The molecule has 1 aromatic heterocycles. The lowest BCUT2D eigenvalue weighted by molar-refractivity contribution is 0.414. The Hall–Kier alpha value is -1.69. The second-order valence-corrected chi connectivity index (χ2v) is 5.76. The molecule has 19 heavy (non-hydrogen) atoms. The van der Waals surface area contributed by atoms with Gasteiger partial charge in [0.1, 0.15) is 17.9 Å². The molecule has 1 atom stereocenters. The van der Waals surface area contributed by atoms with Crippen LogP contribution in [0.3, 0.4) is 0 Å². The third-order valence-electron chi connectivity index (χ3n) is 2.87. The van der Waals surface area contributed by atoms with Gasteiger partial charge in [-0.1, -0.05) is 12.1 Å². The molecule has 0 aliphatic carbocycles. The largest absolute Gasteiger partial charge is 0.497 e. The summed E-state index contributed by atoms with van der Waals surface area (Å²) in [5, 5.41) is 3.96. The van der Waals surface area contributed by atoms with E-state index in [1.54, 1.807) is 11.8 Å². The quantitative estimate of drug-likeness (QED) is 0.800. The highest BCUT2D eigenvalue weighted by atomic mass is 32.2. The third kappa shape index (κ3) is 3.89. The Bertz CT molecular complexity index is 551. The van der Waals surface area contributed by atoms with Gasteiger partial charge in [0, 0.05) is 23.6 Å². The van der Waals surface area contributed by atoms with Gasteiger partial charge < -0.3 is 4.74 Å². The summed E-state index contributed by atoms with van der Waals surface area (Å²) in [5.41, 5.74) is 1.16. The monoisotopic (exact) mass is 279 g/mol. The average Bonchev–Trinajstić information content (AvgIpc) is 2.82. The number of benzene rings is 1. The van der Waals surface area contributed by atoms with Crippen LogP contribution in [0.2, 0.25) is 0 Å². The van der Waals surface area contributed by atoms with E-state index in [1.165, 1.54) is 6.33 Å². The first-order valence-corrected chi connectivity index (χ1v) is 7.48. The smallest absolute Gasteiger partial charge is 0.139 e. The first-order valence-electron chi connectivity index (χ1n) is 6.00. The Morgan fingerprint density at radius 1 is 1.32 bits per heavy atom. The standard InChI is InChI=1S/C13H17N3O2S/c1-16-13(14-10-15-16)9-19(17)8-7-11-3-5-12(18-2)6-4-11/h3-6,10H,7-9H2,1-2H3/t19-/m1/s1. The van der Waals surface area contributed by atoms with Crippen LogP contribution in [0.25, 0.3) is 0 Å². The summed E-state index contributed by atoms with van der Waals surface area (Å²) >= 11 is 0. The maximum atomic E-state index is 12.0. The Balaban J connectivity index is 1.84. The van der Waals surface area contributed by atoms with E-state index in [1.807, 2.05) is 31.3 Å². The number of nitrogens with zero attached hydrogens (tertiary/aromatic N) is 3. The fourth-order valence-electron chi connectivity index (χ4n) is 1.69. The van der Waals surface area contributed by atoms with Crippen LogP contribution < -0.4 is 4.74 Å². The van der Waals surface area contributed by atoms with E-state index in [2.05, 4.69) is 10.1 Å². The number of aromatic nitrogens is 3. The van der Waals surface area contributed by atoms with Crippen LogP contribution in [0.15, 0.2) is 30.6 Å². The molecule has 0 unspecified atom stereocenters. The van der Waals surface area contributed by atoms with Crippen LogP contribution in [0, 0.1) is 0 Å². The molecule has 0 radical (unpaired) electrons. The lowest BCUT2D eigenvalue weighted by Crippen LogP contribution is -2.08. The molecule has 6 heteroatoms. The van der Waals surface area contributed by atoms with Gasteiger partial charge in [-0.15, -0.1) is 0 Å². The molecule has 2 rings (SSSR count). The topological polar surface area (TPSA) is 57.0 Å².